The molecule has 152 valence electrons. The van der Waals surface area contributed by atoms with Crippen molar-refractivity contribution in [2.45, 2.75) is 37.6 Å². The minimum absolute atomic E-state index is 0.0360. The van der Waals surface area contributed by atoms with Crippen LogP contribution in [0.4, 0.5) is 5.69 Å². The first-order valence-corrected chi connectivity index (χ1v) is 10.3. The Kier molecular flexibility index (Phi) is 6.22. The maximum absolute atomic E-state index is 12.9. The number of likely N-dealkylation sites (tertiary alicyclic amines) is 1. The third kappa shape index (κ3) is 4.76. The summed E-state index contributed by atoms with van der Waals surface area (Å²) in [6.07, 6.45) is 1.84. The highest BCUT2D eigenvalue weighted by atomic mass is 32.2. The van der Waals surface area contributed by atoms with E-state index >= 15 is 0 Å². The fraction of sp³-hybridized carbons (Fsp3) is 0.333. The van der Waals surface area contributed by atoms with Crippen LogP contribution >= 0.6 is 11.8 Å². The highest BCUT2D eigenvalue weighted by molar-refractivity contribution is 8.00. The first kappa shape index (κ1) is 20.9. The summed E-state index contributed by atoms with van der Waals surface area (Å²) in [5, 5.41) is 11.3. The molecule has 8 heteroatoms. The van der Waals surface area contributed by atoms with Crippen molar-refractivity contribution >= 4 is 29.3 Å². The number of carbonyl (C=O) groups excluding carboxylic acids is 2. The number of benzene rings is 2. The molecule has 2 N–H and O–H groups in total. The Morgan fingerprint density at radius 3 is 2.52 bits per heavy atom. The molecule has 1 fully saturated rings. The molecule has 1 atom stereocenters. The Hall–Kier alpha value is -2.87. The van der Waals surface area contributed by atoms with Crippen molar-refractivity contribution in [3.8, 4) is 0 Å². The van der Waals surface area contributed by atoms with Gasteiger partial charge >= 0.3 is 0 Å². The second-order valence-electron chi connectivity index (χ2n) is 7.26. The molecule has 3 rings (SSSR count). The second-order valence-corrected chi connectivity index (χ2v) is 8.28. The zero-order valence-electron chi connectivity index (χ0n) is 16.4. The number of hydrogen-bond donors (Lipinski definition) is 1. The van der Waals surface area contributed by atoms with Crippen LogP contribution in [-0.4, -0.2) is 33.9 Å². The lowest BCUT2D eigenvalue weighted by Crippen LogP contribution is -2.32. The van der Waals surface area contributed by atoms with Crippen molar-refractivity contribution in [1.29, 1.82) is 0 Å². The Morgan fingerprint density at radius 2 is 1.90 bits per heavy atom. The van der Waals surface area contributed by atoms with E-state index in [-0.39, 0.29) is 29.0 Å². The molecule has 1 aliphatic rings. The molecule has 1 unspecified atom stereocenters. The van der Waals surface area contributed by atoms with Gasteiger partial charge in [-0.3, -0.25) is 19.7 Å². The summed E-state index contributed by atoms with van der Waals surface area (Å²) in [6.45, 7) is 4.77. The van der Waals surface area contributed by atoms with Crippen molar-refractivity contribution in [2.24, 2.45) is 5.73 Å². The molecule has 7 nitrogen and oxygen atoms in total. The molecule has 1 saturated heterocycles. The molecule has 0 bridgehead atoms. The number of carbonyl (C=O) groups is 2. The van der Waals surface area contributed by atoms with Crippen molar-refractivity contribution in [2.75, 3.05) is 12.3 Å². The van der Waals surface area contributed by atoms with Gasteiger partial charge in [-0.15, -0.1) is 11.8 Å². The number of amides is 2. The monoisotopic (exact) mass is 413 g/mol. The minimum Gasteiger partial charge on any atom is -0.366 e. The largest absolute Gasteiger partial charge is 0.366 e. The van der Waals surface area contributed by atoms with Crippen LogP contribution < -0.4 is 5.73 Å². The third-order valence-electron chi connectivity index (χ3n) is 4.99. The van der Waals surface area contributed by atoms with Gasteiger partial charge in [0.2, 0.25) is 11.8 Å². The maximum Gasteiger partial charge on any atom is 0.283 e. The quantitative estimate of drug-likeness (QED) is 0.441. The number of hydrogen-bond acceptors (Lipinski definition) is 5. The zero-order valence-corrected chi connectivity index (χ0v) is 17.2. The van der Waals surface area contributed by atoms with E-state index in [0.29, 0.717) is 11.4 Å². The summed E-state index contributed by atoms with van der Waals surface area (Å²) in [4.78, 5) is 37.2. The van der Waals surface area contributed by atoms with Gasteiger partial charge in [0.05, 0.1) is 21.6 Å². The molecular formula is C21H23N3O4S. The predicted octanol–water partition coefficient (Wildman–Crippen LogP) is 3.77. The van der Waals surface area contributed by atoms with Gasteiger partial charge in [0.15, 0.2) is 0 Å². The lowest BCUT2D eigenvalue weighted by atomic mass is 9.99. The smallest absolute Gasteiger partial charge is 0.283 e. The molecule has 2 aromatic rings. The summed E-state index contributed by atoms with van der Waals surface area (Å²) in [6, 6.07) is 10.4. The van der Waals surface area contributed by atoms with E-state index in [4.69, 9.17) is 5.73 Å². The van der Waals surface area contributed by atoms with Crippen LogP contribution in [0.5, 0.6) is 0 Å². The Bertz CT molecular complexity index is 956. The van der Waals surface area contributed by atoms with Crippen LogP contribution in [0, 0.1) is 24.0 Å². The van der Waals surface area contributed by atoms with Crippen LogP contribution in [-0.2, 0) is 4.79 Å². The summed E-state index contributed by atoms with van der Waals surface area (Å²) in [7, 11) is 0. The second kappa shape index (κ2) is 8.65. The van der Waals surface area contributed by atoms with E-state index in [1.165, 1.54) is 23.3 Å². The molecule has 0 aliphatic carbocycles. The SMILES string of the molecule is Cc1cc(C)cc(C2CCCN2C(=O)CSc2ccc(C(N)=O)cc2[N+](=O)[O-])c1. The van der Waals surface area contributed by atoms with E-state index in [2.05, 4.69) is 18.2 Å². The van der Waals surface area contributed by atoms with Gasteiger partial charge in [0.1, 0.15) is 0 Å². The van der Waals surface area contributed by atoms with Gasteiger partial charge in [-0.25, -0.2) is 0 Å². The molecule has 2 amide bonds. The lowest BCUT2D eigenvalue weighted by molar-refractivity contribution is -0.387. The molecule has 0 radical (unpaired) electrons. The molecule has 0 spiro atoms. The molecular weight excluding hydrogens is 390 g/mol. The average Bonchev–Trinajstić information content (AvgIpc) is 3.15. The van der Waals surface area contributed by atoms with Crippen LogP contribution in [0.15, 0.2) is 41.3 Å². The summed E-state index contributed by atoms with van der Waals surface area (Å²) in [5.41, 5.74) is 8.52. The standard InChI is InChI=1S/C21H23N3O4S/c1-13-8-14(2)10-16(9-13)17-4-3-7-23(17)20(25)12-29-19-6-5-15(21(22)26)11-18(19)24(27)28/h5-6,8-11,17H,3-4,7,12H2,1-2H3,(H2,22,26). The summed E-state index contributed by atoms with van der Waals surface area (Å²) >= 11 is 1.11. The lowest BCUT2D eigenvalue weighted by Gasteiger charge is -2.25. The van der Waals surface area contributed by atoms with E-state index in [0.717, 1.165) is 36.2 Å². The molecule has 1 aliphatic heterocycles. The topological polar surface area (TPSA) is 107 Å². The van der Waals surface area contributed by atoms with Gasteiger partial charge in [-0.2, -0.15) is 0 Å². The molecule has 29 heavy (non-hydrogen) atoms. The Balaban J connectivity index is 1.75. The number of rotatable bonds is 6. The number of thioether (sulfide) groups is 1. The van der Waals surface area contributed by atoms with Gasteiger partial charge in [0, 0.05) is 18.2 Å². The van der Waals surface area contributed by atoms with Crippen LogP contribution in [0.25, 0.3) is 0 Å². The molecule has 1 heterocycles. The fourth-order valence-electron chi connectivity index (χ4n) is 3.77. The van der Waals surface area contributed by atoms with Crippen molar-refractivity contribution in [3.05, 3.63) is 68.8 Å². The minimum atomic E-state index is -0.728. The highest BCUT2D eigenvalue weighted by Gasteiger charge is 2.30. The van der Waals surface area contributed by atoms with E-state index in [1.807, 2.05) is 18.7 Å². The number of nitro groups is 1. The molecule has 2 aromatic carbocycles. The first-order valence-electron chi connectivity index (χ1n) is 9.35. The maximum atomic E-state index is 12.9. The van der Waals surface area contributed by atoms with Crippen molar-refractivity contribution < 1.29 is 14.5 Å². The number of nitrogens with zero attached hydrogens (tertiary/aromatic N) is 2. The predicted molar refractivity (Wildman–Crippen MR) is 112 cm³/mol. The number of primary amides is 1. The normalized spacial score (nSPS) is 16.1. The van der Waals surface area contributed by atoms with Gasteiger partial charge in [-0.1, -0.05) is 29.3 Å². The highest BCUT2D eigenvalue weighted by Crippen LogP contribution is 2.35. The number of aryl methyl sites for hydroxylation is 2. The molecule has 0 saturated carbocycles. The zero-order chi connectivity index (χ0) is 21.1. The van der Waals surface area contributed by atoms with Crippen LogP contribution in [0.1, 0.15) is 45.9 Å². The van der Waals surface area contributed by atoms with Gasteiger partial charge < -0.3 is 10.6 Å². The van der Waals surface area contributed by atoms with Crippen molar-refractivity contribution in [1.82, 2.24) is 4.90 Å². The summed E-state index contributed by atoms with van der Waals surface area (Å²) in [5.74, 6) is -0.683. The van der Waals surface area contributed by atoms with Crippen LogP contribution in [0.3, 0.4) is 0 Å². The van der Waals surface area contributed by atoms with E-state index in [1.54, 1.807) is 0 Å². The Morgan fingerprint density at radius 1 is 1.21 bits per heavy atom. The molecule has 0 aromatic heterocycles. The van der Waals surface area contributed by atoms with E-state index < -0.39 is 10.8 Å². The first-order chi connectivity index (χ1) is 13.8. The Labute approximate surface area is 173 Å². The van der Waals surface area contributed by atoms with E-state index in [9.17, 15) is 19.7 Å². The summed E-state index contributed by atoms with van der Waals surface area (Å²) < 4.78 is 0. The number of nitro benzene ring substituents is 1. The number of nitrogens with two attached hydrogens (primary N) is 1. The average molecular weight is 413 g/mol. The van der Waals surface area contributed by atoms with Crippen LogP contribution in [0.2, 0.25) is 0 Å². The van der Waals surface area contributed by atoms with Gasteiger partial charge in [-0.05, 0) is 44.4 Å². The fourth-order valence-corrected chi connectivity index (χ4v) is 4.66. The third-order valence-corrected chi connectivity index (χ3v) is 6.04. The van der Waals surface area contributed by atoms with Gasteiger partial charge in [0.25, 0.3) is 5.69 Å². The van der Waals surface area contributed by atoms with Crippen molar-refractivity contribution in [3.63, 3.8) is 0 Å².